The first-order valence-electron chi connectivity index (χ1n) is 8.28. The molecule has 0 fully saturated rings. The molecule has 0 atom stereocenters. The van der Waals surface area contributed by atoms with E-state index >= 15 is 0 Å². The molecule has 1 amide bonds. The zero-order valence-electron chi connectivity index (χ0n) is 15.0. The van der Waals surface area contributed by atoms with E-state index in [0.717, 1.165) is 16.8 Å². The van der Waals surface area contributed by atoms with Gasteiger partial charge < -0.3 is 10.1 Å². The van der Waals surface area contributed by atoms with Crippen LogP contribution in [0.3, 0.4) is 0 Å². The summed E-state index contributed by atoms with van der Waals surface area (Å²) in [4.78, 5) is 28.9. The molecule has 3 rings (SSSR count). The smallest absolute Gasteiger partial charge is 0.264 e. The number of hydrogen-bond donors (Lipinski definition) is 1. The SMILES string of the molecule is COCCNC(=O)Cn1cnc2c(cnn2-c2cccc(C)c2C)c1=O. The number of ether oxygens (including phenoxy) is 1. The van der Waals surface area contributed by atoms with E-state index in [1.54, 1.807) is 11.8 Å². The maximum atomic E-state index is 12.7. The number of carbonyl (C=O) groups is 1. The lowest BCUT2D eigenvalue weighted by Gasteiger charge is -2.10. The molecular formula is C18H21N5O3. The molecule has 26 heavy (non-hydrogen) atoms. The minimum atomic E-state index is -0.298. The van der Waals surface area contributed by atoms with Gasteiger partial charge in [-0.2, -0.15) is 5.10 Å². The maximum Gasteiger partial charge on any atom is 0.264 e. The van der Waals surface area contributed by atoms with Crippen molar-refractivity contribution in [2.75, 3.05) is 20.3 Å². The van der Waals surface area contributed by atoms with E-state index < -0.39 is 0 Å². The van der Waals surface area contributed by atoms with Crippen molar-refractivity contribution in [1.82, 2.24) is 24.6 Å². The highest BCUT2D eigenvalue weighted by atomic mass is 16.5. The molecule has 0 unspecified atom stereocenters. The molecule has 8 heteroatoms. The summed E-state index contributed by atoms with van der Waals surface area (Å²) in [5, 5.41) is 7.39. The van der Waals surface area contributed by atoms with E-state index in [1.807, 2.05) is 32.0 Å². The third-order valence-electron chi connectivity index (χ3n) is 4.30. The monoisotopic (exact) mass is 355 g/mol. The summed E-state index contributed by atoms with van der Waals surface area (Å²) >= 11 is 0. The predicted molar refractivity (Wildman–Crippen MR) is 97.5 cm³/mol. The Balaban J connectivity index is 1.93. The maximum absolute atomic E-state index is 12.7. The fourth-order valence-electron chi connectivity index (χ4n) is 2.71. The van der Waals surface area contributed by atoms with Gasteiger partial charge in [0, 0.05) is 13.7 Å². The number of methoxy groups -OCH3 is 1. The van der Waals surface area contributed by atoms with Gasteiger partial charge in [-0.05, 0) is 31.0 Å². The lowest BCUT2D eigenvalue weighted by molar-refractivity contribution is -0.121. The van der Waals surface area contributed by atoms with Crippen molar-refractivity contribution in [2.45, 2.75) is 20.4 Å². The van der Waals surface area contributed by atoms with Crippen LogP contribution in [-0.2, 0) is 16.1 Å². The van der Waals surface area contributed by atoms with Crippen molar-refractivity contribution in [3.63, 3.8) is 0 Å². The van der Waals surface area contributed by atoms with Crippen LogP contribution in [0.5, 0.6) is 0 Å². The Morgan fingerprint density at radius 1 is 1.31 bits per heavy atom. The number of hydrogen-bond acceptors (Lipinski definition) is 5. The highest BCUT2D eigenvalue weighted by Gasteiger charge is 2.14. The zero-order valence-corrected chi connectivity index (χ0v) is 15.0. The molecule has 0 aliphatic rings. The van der Waals surface area contributed by atoms with Crippen LogP contribution in [0.4, 0.5) is 0 Å². The van der Waals surface area contributed by atoms with Crippen molar-refractivity contribution in [2.24, 2.45) is 0 Å². The van der Waals surface area contributed by atoms with Crippen LogP contribution in [0.2, 0.25) is 0 Å². The van der Waals surface area contributed by atoms with Crippen LogP contribution >= 0.6 is 0 Å². The summed E-state index contributed by atoms with van der Waals surface area (Å²) in [6.45, 7) is 4.74. The molecule has 3 aromatic rings. The number of amides is 1. The molecule has 0 saturated carbocycles. The second-order valence-electron chi connectivity index (χ2n) is 6.03. The molecule has 0 aliphatic carbocycles. The first kappa shape index (κ1) is 17.8. The molecule has 136 valence electrons. The van der Waals surface area contributed by atoms with Gasteiger partial charge in [-0.15, -0.1) is 0 Å². The van der Waals surface area contributed by atoms with Crippen molar-refractivity contribution < 1.29 is 9.53 Å². The highest BCUT2D eigenvalue weighted by Crippen LogP contribution is 2.19. The number of nitrogens with zero attached hydrogens (tertiary/aromatic N) is 4. The third-order valence-corrected chi connectivity index (χ3v) is 4.30. The predicted octanol–water partition coefficient (Wildman–Crippen LogP) is 0.962. The minimum Gasteiger partial charge on any atom is -0.383 e. The first-order chi connectivity index (χ1) is 12.5. The first-order valence-corrected chi connectivity index (χ1v) is 8.28. The largest absolute Gasteiger partial charge is 0.383 e. The molecule has 1 aromatic carbocycles. The normalized spacial score (nSPS) is 11.0. The number of nitrogens with one attached hydrogen (secondary N) is 1. The molecular weight excluding hydrogens is 334 g/mol. The van der Waals surface area contributed by atoms with Crippen molar-refractivity contribution >= 4 is 16.9 Å². The van der Waals surface area contributed by atoms with E-state index in [9.17, 15) is 9.59 Å². The van der Waals surface area contributed by atoms with E-state index in [0.29, 0.717) is 24.2 Å². The van der Waals surface area contributed by atoms with Gasteiger partial charge in [0.05, 0.1) is 18.5 Å². The molecule has 1 N–H and O–H groups in total. The van der Waals surface area contributed by atoms with Gasteiger partial charge in [0.1, 0.15) is 18.3 Å². The van der Waals surface area contributed by atoms with Crippen molar-refractivity contribution in [3.05, 3.63) is 52.2 Å². The van der Waals surface area contributed by atoms with Gasteiger partial charge >= 0.3 is 0 Å². The summed E-state index contributed by atoms with van der Waals surface area (Å²) < 4.78 is 7.81. The number of benzene rings is 1. The summed E-state index contributed by atoms with van der Waals surface area (Å²) in [7, 11) is 1.56. The average Bonchev–Trinajstić information content (AvgIpc) is 3.05. The number of rotatable bonds is 6. The highest BCUT2D eigenvalue weighted by molar-refractivity contribution is 5.78. The van der Waals surface area contributed by atoms with Crippen LogP contribution in [-0.4, -0.2) is 45.5 Å². The van der Waals surface area contributed by atoms with Gasteiger partial charge in [-0.3, -0.25) is 14.2 Å². The van der Waals surface area contributed by atoms with Crippen LogP contribution in [0.25, 0.3) is 16.7 Å². The van der Waals surface area contributed by atoms with Crippen LogP contribution < -0.4 is 10.9 Å². The summed E-state index contributed by atoms with van der Waals surface area (Å²) in [6.07, 6.45) is 2.87. The van der Waals surface area contributed by atoms with E-state index in [4.69, 9.17) is 4.74 Å². The Labute approximate surface area is 150 Å². The Kier molecular flexibility index (Phi) is 5.13. The topological polar surface area (TPSA) is 91.0 Å². The lowest BCUT2D eigenvalue weighted by atomic mass is 10.1. The summed E-state index contributed by atoms with van der Waals surface area (Å²) in [6, 6.07) is 5.90. The zero-order chi connectivity index (χ0) is 18.7. The van der Waals surface area contributed by atoms with Gasteiger partial charge in [-0.1, -0.05) is 12.1 Å². The molecule has 8 nitrogen and oxygen atoms in total. The Morgan fingerprint density at radius 2 is 2.12 bits per heavy atom. The Hall–Kier alpha value is -3.00. The van der Waals surface area contributed by atoms with Gasteiger partial charge in [0.15, 0.2) is 5.65 Å². The van der Waals surface area contributed by atoms with Gasteiger partial charge in [0.2, 0.25) is 5.91 Å². The molecule has 0 radical (unpaired) electrons. The Morgan fingerprint density at radius 3 is 2.88 bits per heavy atom. The number of carbonyl (C=O) groups excluding carboxylic acids is 1. The van der Waals surface area contributed by atoms with E-state index in [-0.39, 0.29) is 18.0 Å². The third kappa shape index (κ3) is 3.36. The Bertz CT molecular complexity index is 1010. The lowest BCUT2D eigenvalue weighted by Crippen LogP contribution is -2.34. The number of fused-ring (bicyclic) bond motifs is 1. The number of aromatic nitrogens is 4. The van der Waals surface area contributed by atoms with Crippen LogP contribution in [0, 0.1) is 13.8 Å². The van der Waals surface area contributed by atoms with Crippen molar-refractivity contribution in [1.29, 1.82) is 0 Å². The number of aryl methyl sites for hydroxylation is 1. The molecule has 2 heterocycles. The second kappa shape index (κ2) is 7.49. The molecule has 0 bridgehead atoms. The van der Waals surface area contributed by atoms with Crippen LogP contribution in [0.1, 0.15) is 11.1 Å². The fraction of sp³-hybridized carbons (Fsp3) is 0.333. The summed E-state index contributed by atoms with van der Waals surface area (Å²) in [5.41, 5.74) is 3.25. The van der Waals surface area contributed by atoms with E-state index in [1.165, 1.54) is 17.1 Å². The fourth-order valence-corrected chi connectivity index (χ4v) is 2.71. The molecule has 0 spiro atoms. The van der Waals surface area contributed by atoms with Crippen molar-refractivity contribution in [3.8, 4) is 5.69 Å². The molecule has 2 aromatic heterocycles. The van der Waals surface area contributed by atoms with Gasteiger partial charge in [-0.25, -0.2) is 9.67 Å². The second-order valence-corrected chi connectivity index (χ2v) is 6.03. The quantitative estimate of drug-likeness (QED) is 0.665. The van der Waals surface area contributed by atoms with E-state index in [2.05, 4.69) is 15.4 Å². The molecule has 0 aliphatic heterocycles. The van der Waals surface area contributed by atoms with Gasteiger partial charge in [0.25, 0.3) is 5.56 Å². The average molecular weight is 355 g/mol. The minimum absolute atomic E-state index is 0.0971. The standard InChI is InChI=1S/C18H21N5O3/c1-12-5-4-6-15(13(12)2)23-17-14(9-21-23)18(25)22(11-20-17)10-16(24)19-7-8-26-3/h4-6,9,11H,7-8,10H2,1-3H3,(H,19,24). The molecule has 0 saturated heterocycles. The summed E-state index contributed by atoms with van der Waals surface area (Å²) in [5.74, 6) is -0.271. The van der Waals surface area contributed by atoms with Crippen LogP contribution in [0.15, 0.2) is 35.5 Å².